The van der Waals surface area contributed by atoms with Crippen LogP contribution >= 0.6 is 11.6 Å². The van der Waals surface area contributed by atoms with Crippen LogP contribution in [0.3, 0.4) is 0 Å². The zero-order chi connectivity index (χ0) is 15.5. The third-order valence-electron chi connectivity index (χ3n) is 3.94. The summed E-state index contributed by atoms with van der Waals surface area (Å²) in [5.74, 6) is 0. The molecule has 22 heavy (non-hydrogen) atoms. The molecule has 1 N–H and O–H groups in total. The first kappa shape index (κ1) is 15.0. The van der Waals surface area contributed by atoms with E-state index in [2.05, 4.69) is 46.5 Å². The van der Waals surface area contributed by atoms with Gasteiger partial charge in [-0.25, -0.2) is 4.98 Å². The third kappa shape index (κ3) is 3.13. The fourth-order valence-corrected chi connectivity index (χ4v) is 2.77. The Balaban J connectivity index is 1.61. The highest BCUT2D eigenvalue weighted by atomic mass is 35.5. The molecule has 0 bridgehead atoms. The van der Waals surface area contributed by atoms with Crippen molar-refractivity contribution in [1.82, 2.24) is 19.9 Å². The Morgan fingerprint density at radius 1 is 1.27 bits per heavy atom. The average molecular weight is 315 g/mol. The predicted molar refractivity (Wildman–Crippen MR) is 90.1 cm³/mol. The summed E-state index contributed by atoms with van der Waals surface area (Å²) in [6.07, 6.45) is 4.62. The number of nitrogens with one attached hydrogen (secondary N) is 1. The zero-order valence-electron chi connectivity index (χ0n) is 12.8. The van der Waals surface area contributed by atoms with Crippen molar-refractivity contribution in [2.24, 2.45) is 7.05 Å². The van der Waals surface area contributed by atoms with Crippen molar-refractivity contribution in [3.05, 3.63) is 59.3 Å². The lowest BCUT2D eigenvalue weighted by Crippen LogP contribution is -2.23. The molecule has 2 heterocycles. The molecule has 1 atom stereocenters. The number of rotatable bonds is 5. The summed E-state index contributed by atoms with van der Waals surface area (Å²) in [7, 11) is 1.93. The molecule has 0 aliphatic heterocycles. The second-order valence-electron chi connectivity index (χ2n) is 5.47. The topological polar surface area (TPSA) is 42.7 Å². The van der Waals surface area contributed by atoms with Gasteiger partial charge in [-0.1, -0.05) is 12.1 Å². The van der Waals surface area contributed by atoms with Gasteiger partial charge in [0.05, 0.1) is 17.4 Å². The van der Waals surface area contributed by atoms with Crippen LogP contribution in [0, 0.1) is 0 Å². The van der Waals surface area contributed by atoms with E-state index >= 15 is 0 Å². The van der Waals surface area contributed by atoms with E-state index in [-0.39, 0.29) is 6.04 Å². The summed E-state index contributed by atoms with van der Waals surface area (Å²) in [4.78, 5) is 8.46. The smallest absolute Gasteiger partial charge is 0.202 e. The SMILES string of the molecule is CC(NCCc1ccc2ncccc2c1)c1cnc(Cl)n1C. The van der Waals surface area contributed by atoms with E-state index in [1.54, 1.807) is 0 Å². The standard InChI is InChI=1S/C17H19ClN4/c1-12(16-11-21-17(18)22(16)2)19-9-7-13-5-6-15-14(10-13)4-3-8-20-15/h3-6,8,10-12,19H,7,9H2,1-2H3. The summed E-state index contributed by atoms with van der Waals surface area (Å²) in [5.41, 5.74) is 3.44. The third-order valence-corrected chi connectivity index (χ3v) is 4.29. The van der Waals surface area contributed by atoms with Crippen LogP contribution in [0.1, 0.15) is 24.2 Å². The Hall–Kier alpha value is -1.91. The van der Waals surface area contributed by atoms with Gasteiger partial charge in [-0.2, -0.15) is 0 Å². The fraction of sp³-hybridized carbons (Fsp3) is 0.294. The molecular formula is C17H19ClN4. The van der Waals surface area contributed by atoms with E-state index in [0.29, 0.717) is 5.28 Å². The van der Waals surface area contributed by atoms with Crippen LogP contribution in [0.15, 0.2) is 42.7 Å². The Kier molecular flexibility index (Phi) is 4.41. The van der Waals surface area contributed by atoms with Crippen molar-refractivity contribution in [2.75, 3.05) is 6.54 Å². The maximum Gasteiger partial charge on any atom is 0.202 e. The van der Waals surface area contributed by atoms with Gasteiger partial charge in [0.2, 0.25) is 5.28 Å². The van der Waals surface area contributed by atoms with E-state index in [9.17, 15) is 0 Å². The number of imidazole rings is 1. The Bertz CT molecular complexity index is 781. The number of aromatic nitrogens is 3. The van der Waals surface area contributed by atoms with Crippen molar-refractivity contribution < 1.29 is 0 Å². The van der Waals surface area contributed by atoms with Crippen molar-refractivity contribution in [2.45, 2.75) is 19.4 Å². The number of fused-ring (bicyclic) bond motifs is 1. The summed E-state index contributed by atoms with van der Waals surface area (Å²) in [6.45, 7) is 3.02. The molecule has 1 unspecified atom stereocenters. The largest absolute Gasteiger partial charge is 0.320 e. The van der Waals surface area contributed by atoms with E-state index < -0.39 is 0 Å². The van der Waals surface area contributed by atoms with Gasteiger partial charge < -0.3 is 9.88 Å². The minimum atomic E-state index is 0.215. The highest BCUT2D eigenvalue weighted by Gasteiger charge is 2.11. The van der Waals surface area contributed by atoms with Gasteiger partial charge >= 0.3 is 0 Å². The summed E-state index contributed by atoms with van der Waals surface area (Å²) in [5, 5.41) is 5.22. The first-order valence-corrected chi connectivity index (χ1v) is 7.77. The van der Waals surface area contributed by atoms with Gasteiger partial charge in [-0.05, 0) is 55.3 Å². The summed E-state index contributed by atoms with van der Waals surface area (Å²) in [6, 6.07) is 10.7. The van der Waals surface area contributed by atoms with Crippen LogP contribution in [-0.4, -0.2) is 21.1 Å². The molecule has 114 valence electrons. The fourth-order valence-electron chi connectivity index (χ4n) is 2.62. The molecule has 0 radical (unpaired) electrons. The quantitative estimate of drug-likeness (QED) is 0.783. The molecular weight excluding hydrogens is 296 g/mol. The minimum absolute atomic E-state index is 0.215. The summed E-state index contributed by atoms with van der Waals surface area (Å²) >= 11 is 5.98. The molecule has 0 amide bonds. The highest BCUT2D eigenvalue weighted by molar-refractivity contribution is 6.28. The number of pyridine rings is 1. The van der Waals surface area contributed by atoms with Gasteiger partial charge in [-0.15, -0.1) is 0 Å². The van der Waals surface area contributed by atoms with Gasteiger partial charge in [-0.3, -0.25) is 4.98 Å². The maximum absolute atomic E-state index is 5.98. The lowest BCUT2D eigenvalue weighted by molar-refractivity contribution is 0.547. The molecule has 4 nitrogen and oxygen atoms in total. The number of hydrogen-bond acceptors (Lipinski definition) is 3. The van der Waals surface area contributed by atoms with Gasteiger partial charge in [0, 0.05) is 24.7 Å². The van der Waals surface area contributed by atoms with Crippen molar-refractivity contribution in [1.29, 1.82) is 0 Å². The normalized spacial score (nSPS) is 12.7. The number of benzene rings is 1. The molecule has 1 aromatic carbocycles. The molecule has 0 saturated carbocycles. The van der Waals surface area contributed by atoms with Crippen molar-refractivity contribution in [3.8, 4) is 0 Å². The molecule has 2 aromatic heterocycles. The molecule has 0 saturated heterocycles. The van der Waals surface area contributed by atoms with E-state index in [1.807, 2.05) is 30.1 Å². The lowest BCUT2D eigenvalue weighted by atomic mass is 10.1. The summed E-state index contributed by atoms with van der Waals surface area (Å²) < 4.78 is 1.90. The van der Waals surface area contributed by atoms with Crippen LogP contribution in [0.4, 0.5) is 0 Å². The number of halogens is 1. The molecule has 3 aromatic rings. The first-order chi connectivity index (χ1) is 10.6. The van der Waals surface area contributed by atoms with Crippen LogP contribution in [-0.2, 0) is 13.5 Å². The van der Waals surface area contributed by atoms with Gasteiger partial charge in [0.15, 0.2) is 0 Å². The Morgan fingerprint density at radius 3 is 2.91 bits per heavy atom. The molecule has 0 aliphatic carbocycles. The zero-order valence-corrected chi connectivity index (χ0v) is 13.5. The Morgan fingerprint density at radius 2 is 2.14 bits per heavy atom. The van der Waals surface area contributed by atoms with Gasteiger partial charge in [0.1, 0.15) is 0 Å². The average Bonchev–Trinajstić information content (AvgIpc) is 2.87. The molecule has 0 fully saturated rings. The highest BCUT2D eigenvalue weighted by Crippen LogP contribution is 2.17. The predicted octanol–water partition coefficient (Wildman–Crippen LogP) is 3.52. The molecule has 3 rings (SSSR count). The lowest BCUT2D eigenvalue weighted by Gasteiger charge is -2.14. The second-order valence-corrected chi connectivity index (χ2v) is 5.81. The van der Waals surface area contributed by atoms with E-state index in [1.165, 1.54) is 10.9 Å². The van der Waals surface area contributed by atoms with Crippen LogP contribution in [0.2, 0.25) is 5.28 Å². The molecule has 0 spiro atoms. The monoisotopic (exact) mass is 314 g/mol. The Labute approximate surface area is 135 Å². The van der Waals surface area contributed by atoms with Crippen molar-refractivity contribution in [3.63, 3.8) is 0 Å². The number of nitrogens with zero attached hydrogens (tertiary/aromatic N) is 3. The molecule has 0 aliphatic rings. The second kappa shape index (κ2) is 6.46. The minimum Gasteiger partial charge on any atom is -0.320 e. The first-order valence-electron chi connectivity index (χ1n) is 7.39. The molecule has 5 heteroatoms. The van der Waals surface area contributed by atoms with E-state index in [4.69, 9.17) is 11.6 Å². The van der Waals surface area contributed by atoms with Crippen molar-refractivity contribution >= 4 is 22.5 Å². The van der Waals surface area contributed by atoms with Gasteiger partial charge in [0.25, 0.3) is 0 Å². The van der Waals surface area contributed by atoms with E-state index in [0.717, 1.165) is 24.2 Å². The van der Waals surface area contributed by atoms with Crippen LogP contribution < -0.4 is 5.32 Å². The van der Waals surface area contributed by atoms with Crippen LogP contribution in [0.25, 0.3) is 10.9 Å². The maximum atomic E-state index is 5.98. The van der Waals surface area contributed by atoms with Crippen LogP contribution in [0.5, 0.6) is 0 Å². The number of hydrogen-bond donors (Lipinski definition) is 1.